The number of ether oxygens (including phenoxy) is 1. The standard InChI is InChI=1S/C24H23F3N2O2/c25-24(26,27)20-7-9-23(28-15-20)31-21-10-12-29(16-21)22-8-6-18(14-19(22)11-13-30)17-4-2-1-3-5-17/h1-9,14-15,21,30H,10-13,16H2/t21-/m0/s1. The second kappa shape index (κ2) is 8.98. The minimum absolute atomic E-state index is 0.0501. The summed E-state index contributed by atoms with van der Waals surface area (Å²) in [6, 6.07) is 18.5. The number of pyridine rings is 1. The predicted octanol–water partition coefficient (Wildman–Crippen LogP) is 4.96. The number of aliphatic hydroxyl groups excluding tert-OH is 1. The van der Waals surface area contributed by atoms with Crippen LogP contribution in [0.5, 0.6) is 5.88 Å². The summed E-state index contributed by atoms with van der Waals surface area (Å²) in [6.45, 7) is 1.41. The van der Waals surface area contributed by atoms with Crippen molar-refractivity contribution in [3.8, 4) is 17.0 Å². The van der Waals surface area contributed by atoms with E-state index in [1.54, 1.807) is 0 Å². The Morgan fingerprint density at radius 3 is 2.52 bits per heavy atom. The first-order valence-corrected chi connectivity index (χ1v) is 10.2. The maximum Gasteiger partial charge on any atom is 0.417 e. The second-order valence-electron chi connectivity index (χ2n) is 7.54. The van der Waals surface area contributed by atoms with E-state index in [0.717, 1.165) is 47.6 Å². The van der Waals surface area contributed by atoms with Crippen molar-refractivity contribution in [3.05, 3.63) is 78.0 Å². The molecule has 2 aromatic carbocycles. The minimum atomic E-state index is -4.41. The maximum absolute atomic E-state index is 12.7. The summed E-state index contributed by atoms with van der Waals surface area (Å²) in [6.07, 6.45) is -2.51. The molecule has 1 aromatic heterocycles. The van der Waals surface area contributed by atoms with Gasteiger partial charge in [-0.2, -0.15) is 13.2 Å². The van der Waals surface area contributed by atoms with Crippen molar-refractivity contribution in [1.82, 2.24) is 4.98 Å². The van der Waals surface area contributed by atoms with Crippen LogP contribution in [0.1, 0.15) is 17.5 Å². The Bertz CT molecular complexity index is 1010. The Hall–Kier alpha value is -3.06. The number of hydrogen-bond acceptors (Lipinski definition) is 4. The van der Waals surface area contributed by atoms with Gasteiger partial charge in [0.05, 0.1) is 12.1 Å². The molecule has 1 atom stereocenters. The highest BCUT2D eigenvalue weighted by Gasteiger charge is 2.31. The van der Waals surface area contributed by atoms with Gasteiger partial charge in [-0.1, -0.05) is 36.4 Å². The van der Waals surface area contributed by atoms with Crippen LogP contribution in [-0.4, -0.2) is 35.9 Å². The first-order valence-electron chi connectivity index (χ1n) is 10.2. The van der Waals surface area contributed by atoms with Crippen LogP contribution in [0.3, 0.4) is 0 Å². The van der Waals surface area contributed by atoms with E-state index >= 15 is 0 Å². The first-order chi connectivity index (χ1) is 14.9. The summed E-state index contributed by atoms with van der Waals surface area (Å²) in [5.74, 6) is 0.190. The average Bonchev–Trinajstić information content (AvgIpc) is 3.22. The third-order valence-corrected chi connectivity index (χ3v) is 5.40. The van der Waals surface area contributed by atoms with Crippen LogP contribution >= 0.6 is 0 Å². The summed E-state index contributed by atoms with van der Waals surface area (Å²) >= 11 is 0. The quantitative estimate of drug-likeness (QED) is 0.603. The molecule has 0 radical (unpaired) electrons. The maximum atomic E-state index is 12.7. The highest BCUT2D eigenvalue weighted by Crippen LogP contribution is 2.32. The van der Waals surface area contributed by atoms with Crippen molar-refractivity contribution >= 4 is 5.69 Å². The van der Waals surface area contributed by atoms with E-state index < -0.39 is 11.7 Å². The highest BCUT2D eigenvalue weighted by atomic mass is 19.4. The van der Waals surface area contributed by atoms with Gasteiger partial charge >= 0.3 is 6.18 Å². The molecule has 1 aliphatic heterocycles. The summed E-state index contributed by atoms with van der Waals surface area (Å²) in [4.78, 5) is 5.99. The van der Waals surface area contributed by atoms with Crippen molar-refractivity contribution in [3.63, 3.8) is 0 Å². The summed E-state index contributed by atoms with van der Waals surface area (Å²) < 4.78 is 43.9. The molecule has 0 saturated carbocycles. The zero-order chi connectivity index (χ0) is 21.8. The van der Waals surface area contributed by atoms with E-state index in [0.29, 0.717) is 13.0 Å². The van der Waals surface area contributed by atoms with Crippen LogP contribution in [0.2, 0.25) is 0 Å². The van der Waals surface area contributed by atoms with Crippen LogP contribution in [0, 0.1) is 0 Å². The van der Waals surface area contributed by atoms with Gasteiger partial charge in [0.15, 0.2) is 0 Å². The van der Waals surface area contributed by atoms with Crippen molar-refractivity contribution in [2.45, 2.75) is 25.1 Å². The van der Waals surface area contributed by atoms with Gasteiger partial charge in [0, 0.05) is 37.5 Å². The SMILES string of the molecule is OCCc1cc(-c2ccccc2)ccc1N1CC[C@H](Oc2ccc(C(F)(F)F)cn2)C1. The van der Waals surface area contributed by atoms with E-state index in [2.05, 4.69) is 40.2 Å². The Morgan fingerprint density at radius 2 is 1.84 bits per heavy atom. The molecule has 1 fully saturated rings. The van der Waals surface area contributed by atoms with E-state index in [1.165, 1.54) is 6.07 Å². The molecule has 2 heterocycles. The molecule has 7 heteroatoms. The molecular weight excluding hydrogens is 405 g/mol. The number of rotatable bonds is 6. The largest absolute Gasteiger partial charge is 0.472 e. The topological polar surface area (TPSA) is 45.6 Å². The number of nitrogens with zero attached hydrogens (tertiary/aromatic N) is 2. The van der Waals surface area contributed by atoms with Crippen molar-refractivity contribution in [1.29, 1.82) is 0 Å². The summed E-state index contributed by atoms with van der Waals surface area (Å²) in [5, 5.41) is 9.54. The molecule has 4 rings (SSSR count). The third kappa shape index (κ3) is 4.99. The lowest BCUT2D eigenvalue weighted by molar-refractivity contribution is -0.137. The molecule has 0 unspecified atom stereocenters. The number of benzene rings is 2. The fraction of sp³-hybridized carbons (Fsp3) is 0.292. The molecule has 162 valence electrons. The molecule has 1 N–H and O–H groups in total. The zero-order valence-corrected chi connectivity index (χ0v) is 16.8. The lowest BCUT2D eigenvalue weighted by Crippen LogP contribution is -2.25. The lowest BCUT2D eigenvalue weighted by Gasteiger charge is -2.23. The second-order valence-corrected chi connectivity index (χ2v) is 7.54. The van der Waals surface area contributed by atoms with Gasteiger partial charge in [-0.05, 0) is 41.3 Å². The number of alkyl halides is 3. The Morgan fingerprint density at radius 1 is 1.03 bits per heavy atom. The van der Waals surface area contributed by atoms with Gasteiger partial charge in [0.1, 0.15) is 6.10 Å². The van der Waals surface area contributed by atoms with Crippen molar-refractivity contribution in [2.75, 3.05) is 24.6 Å². The molecule has 0 bridgehead atoms. The predicted molar refractivity (Wildman–Crippen MR) is 113 cm³/mol. The van der Waals surface area contributed by atoms with Crippen LogP contribution in [0.15, 0.2) is 66.9 Å². The van der Waals surface area contributed by atoms with E-state index in [-0.39, 0.29) is 18.6 Å². The Balaban J connectivity index is 1.47. The number of aromatic nitrogens is 1. The average molecular weight is 428 g/mol. The number of halogens is 3. The molecule has 0 aliphatic carbocycles. The van der Waals surface area contributed by atoms with Crippen molar-refractivity contribution < 1.29 is 23.0 Å². The Kier molecular flexibility index (Phi) is 6.13. The van der Waals surface area contributed by atoms with Crippen LogP contribution in [0.25, 0.3) is 11.1 Å². The van der Waals surface area contributed by atoms with Gasteiger partial charge in [0.2, 0.25) is 5.88 Å². The first kappa shape index (κ1) is 21.2. The molecule has 31 heavy (non-hydrogen) atoms. The molecule has 1 saturated heterocycles. The molecule has 3 aromatic rings. The fourth-order valence-electron chi connectivity index (χ4n) is 3.86. The zero-order valence-electron chi connectivity index (χ0n) is 16.8. The molecule has 4 nitrogen and oxygen atoms in total. The van der Waals surface area contributed by atoms with Gasteiger partial charge in [-0.15, -0.1) is 0 Å². The minimum Gasteiger partial charge on any atom is -0.472 e. The summed E-state index contributed by atoms with van der Waals surface area (Å²) in [5.41, 5.74) is 3.51. The van der Waals surface area contributed by atoms with E-state index in [9.17, 15) is 18.3 Å². The number of hydrogen-bond donors (Lipinski definition) is 1. The van der Waals surface area contributed by atoms with Gasteiger partial charge in [0.25, 0.3) is 0 Å². The summed E-state index contributed by atoms with van der Waals surface area (Å²) in [7, 11) is 0. The number of anilines is 1. The Labute approximate surface area is 178 Å². The van der Waals surface area contributed by atoms with E-state index in [4.69, 9.17) is 4.74 Å². The van der Waals surface area contributed by atoms with Crippen molar-refractivity contribution in [2.24, 2.45) is 0 Å². The molecular formula is C24H23F3N2O2. The molecule has 0 spiro atoms. The van der Waals surface area contributed by atoms with Gasteiger partial charge < -0.3 is 14.7 Å². The molecule has 1 aliphatic rings. The van der Waals surface area contributed by atoms with Crippen LogP contribution in [-0.2, 0) is 12.6 Å². The highest BCUT2D eigenvalue weighted by molar-refractivity contribution is 5.69. The number of aliphatic hydroxyl groups is 1. The monoisotopic (exact) mass is 428 g/mol. The smallest absolute Gasteiger partial charge is 0.417 e. The normalized spacial score (nSPS) is 16.5. The van der Waals surface area contributed by atoms with Gasteiger partial charge in [-0.25, -0.2) is 4.98 Å². The fourth-order valence-corrected chi connectivity index (χ4v) is 3.86. The van der Waals surface area contributed by atoms with Crippen LogP contribution in [0.4, 0.5) is 18.9 Å². The molecule has 0 amide bonds. The van der Waals surface area contributed by atoms with Gasteiger partial charge in [-0.3, -0.25) is 0 Å². The van der Waals surface area contributed by atoms with Crippen LogP contribution < -0.4 is 9.64 Å². The van der Waals surface area contributed by atoms with E-state index in [1.807, 2.05) is 18.2 Å². The lowest BCUT2D eigenvalue weighted by atomic mass is 10.00. The third-order valence-electron chi connectivity index (χ3n) is 5.40.